The first-order valence-corrected chi connectivity index (χ1v) is 7.21. The minimum atomic E-state index is -0.139. The Morgan fingerprint density at radius 1 is 1.47 bits per heavy atom. The molecule has 0 aromatic heterocycles. The average molecular weight is 260 g/mol. The van der Waals surface area contributed by atoms with Gasteiger partial charge in [0.2, 0.25) is 5.91 Å². The van der Waals surface area contributed by atoms with E-state index >= 15 is 0 Å². The van der Waals surface area contributed by atoms with Crippen LogP contribution in [0.5, 0.6) is 0 Å². The molecular weight excluding hydrogens is 236 g/mol. The smallest absolute Gasteiger partial charge is 0.227 e. The van der Waals surface area contributed by atoms with Crippen molar-refractivity contribution in [1.82, 2.24) is 5.32 Å². The van der Waals surface area contributed by atoms with E-state index in [9.17, 15) is 4.79 Å². The molecule has 0 bridgehead atoms. The number of amides is 1. The Morgan fingerprint density at radius 3 is 2.89 bits per heavy atom. The fraction of sp³-hybridized carbons (Fsp3) is 0.562. The highest BCUT2D eigenvalue weighted by Gasteiger charge is 2.24. The van der Waals surface area contributed by atoms with Gasteiger partial charge in [-0.3, -0.25) is 4.79 Å². The summed E-state index contributed by atoms with van der Waals surface area (Å²) in [6.45, 7) is 5.03. The van der Waals surface area contributed by atoms with Gasteiger partial charge in [0.05, 0.1) is 5.92 Å². The minimum absolute atomic E-state index is 0.102. The first-order valence-electron chi connectivity index (χ1n) is 7.21. The summed E-state index contributed by atoms with van der Waals surface area (Å²) in [6, 6.07) is 7.57. The molecule has 1 aliphatic rings. The number of hydrogen-bond acceptors (Lipinski definition) is 2. The Balaban J connectivity index is 1.89. The molecular formula is C16H24N2O. The molecule has 3 nitrogen and oxygen atoms in total. The highest BCUT2D eigenvalue weighted by molar-refractivity contribution is 5.83. The third kappa shape index (κ3) is 3.49. The molecule has 1 aromatic carbocycles. The van der Waals surface area contributed by atoms with Gasteiger partial charge in [-0.05, 0) is 42.9 Å². The average Bonchev–Trinajstić information content (AvgIpc) is 2.80. The Morgan fingerprint density at radius 2 is 2.26 bits per heavy atom. The Kier molecular flexibility index (Phi) is 4.46. The van der Waals surface area contributed by atoms with Crippen LogP contribution in [0.15, 0.2) is 24.3 Å². The number of benzene rings is 1. The molecule has 3 atom stereocenters. The van der Waals surface area contributed by atoms with Crippen LogP contribution in [0.2, 0.25) is 0 Å². The minimum Gasteiger partial charge on any atom is -0.399 e. The van der Waals surface area contributed by atoms with Crippen molar-refractivity contribution in [1.29, 1.82) is 0 Å². The summed E-state index contributed by atoms with van der Waals surface area (Å²) in [5, 5.41) is 3.09. The van der Waals surface area contributed by atoms with Gasteiger partial charge in [0.25, 0.3) is 0 Å². The molecule has 0 saturated heterocycles. The standard InChI is InChI=1S/C16H24N2O/c1-11-5-3-7-14(11)10-18-16(19)12(2)13-6-4-8-15(17)9-13/h4,6,8-9,11-12,14H,3,5,7,10,17H2,1-2H3,(H,18,19). The zero-order valence-corrected chi connectivity index (χ0v) is 11.9. The van der Waals surface area contributed by atoms with Crippen molar-refractivity contribution >= 4 is 11.6 Å². The quantitative estimate of drug-likeness (QED) is 0.818. The third-order valence-corrected chi connectivity index (χ3v) is 4.38. The first-order chi connectivity index (χ1) is 9.08. The van der Waals surface area contributed by atoms with E-state index in [2.05, 4.69) is 12.2 Å². The van der Waals surface area contributed by atoms with E-state index in [1.165, 1.54) is 19.3 Å². The molecule has 1 aromatic rings. The summed E-state index contributed by atoms with van der Waals surface area (Å²) in [5.41, 5.74) is 7.45. The second-order valence-corrected chi connectivity index (χ2v) is 5.81. The first kappa shape index (κ1) is 13.9. The lowest BCUT2D eigenvalue weighted by Crippen LogP contribution is -2.33. The number of rotatable bonds is 4. The molecule has 1 amide bonds. The number of nitrogens with two attached hydrogens (primary N) is 1. The highest BCUT2D eigenvalue weighted by atomic mass is 16.1. The number of hydrogen-bond donors (Lipinski definition) is 2. The largest absolute Gasteiger partial charge is 0.399 e. The maximum atomic E-state index is 12.2. The third-order valence-electron chi connectivity index (χ3n) is 4.38. The van der Waals surface area contributed by atoms with Gasteiger partial charge in [0.15, 0.2) is 0 Å². The van der Waals surface area contributed by atoms with Gasteiger partial charge in [-0.15, -0.1) is 0 Å². The normalized spacial score (nSPS) is 24.1. The van der Waals surface area contributed by atoms with Crippen molar-refractivity contribution in [2.45, 2.75) is 39.0 Å². The molecule has 0 spiro atoms. The van der Waals surface area contributed by atoms with Gasteiger partial charge in [-0.1, -0.05) is 31.9 Å². The van der Waals surface area contributed by atoms with Gasteiger partial charge in [-0.2, -0.15) is 0 Å². The zero-order chi connectivity index (χ0) is 13.8. The molecule has 1 fully saturated rings. The van der Waals surface area contributed by atoms with Gasteiger partial charge >= 0.3 is 0 Å². The van der Waals surface area contributed by atoms with Crippen molar-refractivity contribution in [3.63, 3.8) is 0 Å². The molecule has 104 valence electrons. The van der Waals surface area contributed by atoms with Crippen LogP contribution in [0, 0.1) is 11.8 Å². The van der Waals surface area contributed by atoms with E-state index < -0.39 is 0 Å². The summed E-state index contributed by atoms with van der Waals surface area (Å²) in [4.78, 5) is 12.2. The van der Waals surface area contributed by atoms with E-state index in [4.69, 9.17) is 5.73 Å². The lowest BCUT2D eigenvalue weighted by Gasteiger charge is -2.18. The number of nitrogens with one attached hydrogen (secondary N) is 1. The predicted octanol–water partition coefficient (Wildman–Crippen LogP) is 2.92. The predicted molar refractivity (Wildman–Crippen MR) is 78.8 cm³/mol. The topological polar surface area (TPSA) is 55.1 Å². The number of anilines is 1. The molecule has 3 heteroatoms. The van der Waals surface area contributed by atoms with Gasteiger partial charge in [-0.25, -0.2) is 0 Å². The fourth-order valence-corrected chi connectivity index (χ4v) is 2.89. The second kappa shape index (κ2) is 6.09. The summed E-state index contributed by atoms with van der Waals surface area (Å²) < 4.78 is 0. The molecule has 3 unspecified atom stereocenters. The lowest BCUT2D eigenvalue weighted by atomic mass is 9.96. The summed E-state index contributed by atoms with van der Waals surface area (Å²) in [6.07, 6.45) is 3.84. The molecule has 2 rings (SSSR count). The van der Waals surface area contributed by atoms with E-state index in [1.807, 2.05) is 31.2 Å². The maximum absolute atomic E-state index is 12.2. The molecule has 0 aliphatic heterocycles. The lowest BCUT2D eigenvalue weighted by molar-refractivity contribution is -0.122. The van der Waals surface area contributed by atoms with Crippen LogP contribution in [-0.4, -0.2) is 12.5 Å². The fourth-order valence-electron chi connectivity index (χ4n) is 2.89. The van der Waals surface area contributed by atoms with Gasteiger partial charge < -0.3 is 11.1 Å². The van der Waals surface area contributed by atoms with Crippen molar-refractivity contribution < 1.29 is 4.79 Å². The van der Waals surface area contributed by atoms with Crippen LogP contribution in [0.4, 0.5) is 5.69 Å². The van der Waals surface area contributed by atoms with E-state index in [-0.39, 0.29) is 11.8 Å². The van der Waals surface area contributed by atoms with Crippen molar-refractivity contribution in [2.75, 3.05) is 12.3 Å². The molecule has 1 saturated carbocycles. The van der Waals surface area contributed by atoms with E-state index in [0.717, 1.165) is 18.0 Å². The monoisotopic (exact) mass is 260 g/mol. The Bertz CT molecular complexity index is 444. The SMILES string of the molecule is CC(C(=O)NCC1CCCC1C)c1cccc(N)c1. The van der Waals surface area contributed by atoms with E-state index in [0.29, 0.717) is 11.6 Å². The van der Waals surface area contributed by atoms with Crippen molar-refractivity contribution in [3.8, 4) is 0 Å². The molecule has 3 N–H and O–H groups in total. The Hall–Kier alpha value is -1.51. The van der Waals surface area contributed by atoms with Crippen LogP contribution in [0.1, 0.15) is 44.6 Å². The van der Waals surface area contributed by atoms with Crippen molar-refractivity contribution in [2.24, 2.45) is 11.8 Å². The zero-order valence-electron chi connectivity index (χ0n) is 11.9. The molecule has 1 aliphatic carbocycles. The van der Waals surface area contributed by atoms with Gasteiger partial charge in [0, 0.05) is 12.2 Å². The molecule has 19 heavy (non-hydrogen) atoms. The number of nitrogen functional groups attached to an aromatic ring is 1. The molecule has 0 radical (unpaired) electrons. The number of carbonyl (C=O) groups excluding carboxylic acids is 1. The van der Waals surface area contributed by atoms with E-state index in [1.54, 1.807) is 0 Å². The summed E-state index contributed by atoms with van der Waals surface area (Å²) >= 11 is 0. The second-order valence-electron chi connectivity index (χ2n) is 5.81. The highest BCUT2D eigenvalue weighted by Crippen LogP contribution is 2.30. The summed E-state index contributed by atoms with van der Waals surface area (Å²) in [7, 11) is 0. The summed E-state index contributed by atoms with van der Waals surface area (Å²) in [5.74, 6) is 1.35. The van der Waals surface area contributed by atoms with Gasteiger partial charge in [0.1, 0.15) is 0 Å². The van der Waals surface area contributed by atoms with Crippen LogP contribution in [-0.2, 0) is 4.79 Å². The van der Waals surface area contributed by atoms with Crippen molar-refractivity contribution in [3.05, 3.63) is 29.8 Å². The maximum Gasteiger partial charge on any atom is 0.227 e. The number of carbonyl (C=O) groups is 1. The van der Waals surface area contributed by atoms with Crippen LogP contribution in [0.3, 0.4) is 0 Å². The van der Waals surface area contributed by atoms with Crippen LogP contribution < -0.4 is 11.1 Å². The Labute approximate surface area is 115 Å². The molecule has 0 heterocycles. The van der Waals surface area contributed by atoms with Crippen LogP contribution >= 0.6 is 0 Å². The van der Waals surface area contributed by atoms with Crippen LogP contribution in [0.25, 0.3) is 0 Å².